The molecule has 86 heavy (non-hydrogen) atoms. The summed E-state index contributed by atoms with van der Waals surface area (Å²) in [5.74, 6) is -1.71. The molecule has 0 saturated carbocycles. The first-order chi connectivity index (χ1) is 42.1. The quantitative estimate of drug-likeness (QED) is 0.00460. The lowest BCUT2D eigenvalue weighted by Gasteiger charge is -2.19. The maximum Gasteiger partial charge on any atom is 0.336 e. The third-order valence-electron chi connectivity index (χ3n) is 10.6. The van der Waals surface area contributed by atoms with Crippen molar-refractivity contribution >= 4 is 52.8 Å². The van der Waals surface area contributed by atoms with Crippen molar-refractivity contribution in [1.82, 2.24) is 0 Å². The van der Waals surface area contributed by atoms with E-state index in [1.807, 2.05) is 0 Å². The number of fused-ring (bicyclic) bond motifs is 1. The van der Waals surface area contributed by atoms with Crippen LogP contribution in [0.5, 0.6) is 46.0 Å². The minimum Gasteiger partial charge on any atom is -0.489 e. The summed E-state index contributed by atoms with van der Waals surface area (Å²) < 4.78 is 64.1. The third kappa shape index (κ3) is 26.0. The number of esters is 5. The molecule has 0 aliphatic rings. The van der Waals surface area contributed by atoms with Gasteiger partial charge in [0.2, 0.25) is 11.5 Å². The maximum atomic E-state index is 13.7. The molecule has 0 atom stereocenters. The van der Waals surface area contributed by atoms with Crippen molar-refractivity contribution < 1.29 is 105 Å². The molecule has 0 unspecified atom stereocenters. The Kier molecular flexibility index (Phi) is 33.2. The lowest BCUT2D eigenvalue weighted by molar-refractivity contribution is -0.249. The first kappa shape index (κ1) is 68.3. The van der Waals surface area contributed by atoms with Crippen LogP contribution in [0.1, 0.15) is 49.7 Å². The van der Waals surface area contributed by atoms with Gasteiger partial charge in [-0.2, -0.15) is 14.7 Å². The molecular weight excluding hydrogens is 1120 g/mol. The highest BCUT2D eigenvalue weighted by Gasteiger charge is 2.21. The number of ether oxygens (including phenoxy) is 11. The highest BCUT2D eigenvalue weighted by atomic mass is 17.2. The molecule has 0 fully saturated rings. The summed E-state index contributed by atoms with van der Waals surface area (Å²) in [5.41, 5.74) is 8.08. The second-order valence-corrected chi connectivity index (χ2v) is 16.8. The molecule has 22 heteroatoms. The molecule has 0 aliphatic carbocycles. The van der Waals surface area contributed by atoms with E-state index >= 15 is 0 Å². The van der Waals surface area contributed by atoms with Gasteiger partial charge < -0.3 is 66.8 Å². The molecular formula is C64H68O22. The van der Waals surface area contributed by atoms with Crippen LogP contribution >= 0.6 is 0 Å². The summed E-state index contributed by atoms with van der Waals surface area (Å²) in [4.78, 5) is 92.1. The number of benzene rings is 4. The van der Waals surface area contributed by atoms with E-state index in [0.29, 0.717) is 53.3 Å². The summed E-state index contributed by atoms with van der Waals surface area (Å²) >= 11 is 0. The fraction of sp³-hybridized carbons (Fsp3) is 0.281. The Labute approximate surface area is 497 Å². The summed E-state index contributed by atoms with van der Waals surface area (Å²) in [6, 6.07) is 16.4. The van der Waals surface area contributed by atoms with Crippen molar-refractivity contribution in [2.24, 2.45) is 0 Å². The molecule has 0 N–H and O–H groups in total. The Hall–Kier alpha value is -10.2. The van der Waals surface area contributed by atoms with Crippen molar-refractivity contribution in [2.75, 3.05) is 79.3 Å². The van der Waals surface area contributed by atoms with Crippen LogP contribution in [-0.4, -0.2) is 109 Å². The van der Waals surface area contributed by atoms with Crippen LogP contribution in [0.2, 0.25) is 0 Å². The van der Waals surface area contributed by atoms with E-state index in [2.05, 4.69) is 56.7 Å². The molecule has 0 radical (unpaired) electrons. The summed E-state index contributed by atoms with van der Waals surface area (Å²) in [7, 11) is 0. The fourth-order valence-electron chi connectivity index (χ4n) is 6.84. The van der Waals surface area contributed by atoms with Gasteiger partial charge in [0.25, 0.3) is 0 Å². The van der Waals surface area contributed by atoms with Gasteiger partial charge in [0, 0.05) is 90.8 Å². The van der Waals surface area contributed by atoms with Crippen LogP contribution < -0.4 is 37.9 Å². The van der Waals surface area contributed by atoms with Gasteiger partial charge in [0.15, 0.2) is 41.8 Å². The van der Waals surface area contributed by atoms with Gasteiger partial charge in [-0.25, -0.2) is 24.0 Å². The Morgan fingerprint density at radius 2 is 0.674 bits per heavy atom. The van der Waals surface area contributed by atoms with Gasteiger partial charge in [0.05, 0.1) is 79.3 Å². The molecule has 4 aromatic carbocycles. The van der Waals surface area contributed by atoms with Crippen molar-refractivity contribution in [3.05, 3.63) is 178 Å². The van der Waals surface area contributed by atoms with E-state index < -0.39 is 29.8 Å². The van der Waals surface area contributed by atoms with Gasteiger partial charge >= 0.3 is 29.8 Å². The zero-order chi connectivity index (χ0) is 61.8. The standard InChI is InChI=1S/C64H68O22/c1-7-33-79-82-45-18-37-71-55-28-24-48(61(75-41-16-39-73-57(66)11-5)64(55)78-44-20-47-84-81-35-9-3)25-31-59(68)85-52-29-30-53(51-22-14-13-21-50(51)52)86-60(69)32-26-49-23-27-54(70-36-15-38-72-56(65)10-4)63(77-42-17-40-74-58(67)12-6)62(49)76-43-19-46-83-80-34-8-2/h10-14,21-35H,1-6,15-20,36-47H2. The summed E-state index contributed by atoms with van der Waals surface area (Å²) in [6.07, 6.45) is 14.0. The smallest absolute Gasteiger partial charge is 0.336 e. The topological polar surface area (TPSA) is 242 Å². The van der Waals surface area contributed by atoms with Crippen LogP contribution in [0.25, 0.3) is 22.9 Å². The van der Waals surface area contributed by atoms with Crippen molar-refractivity contribution in [3.63, 3.8) is 0 Å². The predicted molar refractivity (Wildman–Crippen MR) is 313 cm³/mol. The molecule has 0 spiro atoms. The first-order valence-electron chi connectivity index (χ1n) is 26.7. The van der Waals surface area contributed by atoms with Gasteiger partial charge in [-0.15, -0.1) is 0 Å². The number of hydrogen-bond donors (Lipinski definition) is 0. The van der Waals surface area contributed by atoms with Gasteiger partial charge in [-0.3, -0.25) is 0 Å². The van der Waals surface area contributed by atoms with E-state index in [1.165, 1.54) is 42.7 Å². The molecule has 0 aromatic heterocycles. The minimum absolute atomic E-state index is 0.0282. The maximum absolute atomic E-state index is 13.7. The Morgan fingerprint density at radius 3 is 1.01 bits per heavy atom. The van der Waals surface area contributed by atoms with Gasteiger partial charge in [-0.1, -0.05) is 80.9 Å². The molecule has 0 saturated heterocycles. The Balaban J connectivity index is 1.61. The second kappa shape index (κ2) is 41.8. The SMILES string of the molecule is C=C=COOCCCOc1ccc(C=CC(=O)Oc2ccc(OC(=O)C=Cc3ccc(OCCCOC(=O)C=C)c(OCCCOC(=O)C=C)c3OCCCOOC=C=C)c3ccccc23)c(OCCCOC(=O)C=C)c1OCCCOOC=C=C. The predicted octanol–water partition coefficient (Wildman–Crippen LogP) is 10.6. The molecule has 4 aromatic rings. The van der Waals surface area contributed by atoms with E-state index in [-0.39, 0.29) is 132 Å². The normalized spacial score (nSPS) is 10.4. The highest BCUT2D eigenvalue weighted by Crippen LogP contribution is 2.43. The van der Waals surface area contributed by atoms with Crippen LogP contribution in [0.3, 0.4) is 0 Å². The number of carbonyl (C=O) groups excluding carboxylic acids is 5. The van der Waals surface area contributed by atoms with Crippen molar-refractivity contribution in [1.29, 1.82) is 0 Å². The van der Waals surface area contributed by atoms with Gasteiger partial charge in [-0.05, 0) is 48.6 Å². The molecule has 0 bridgehead atoms. The zero-order valence-electron chi connectivity index (χ0n) is 47.5. The largest absolute Gasteiger partial charge is 0.489 e. The average Bonchev–Trinajstić information content (AvgIpc) is 3.00. The Morgan fingerprint density at radius 1 is 0.360 bits per heavy atom. The monoisotopic (exact) mass is 1190 g/mol. The zero-order valence-corrected chi connectivity index (χ0v) is 47.5. The molecule has 0 amide bonds. The average molecular weight is 1190 g/mol. The molecule has 4 rings (SSSR count). The molecule has 0 aliphatic heterocycles. The second-order valence-electron chi connectivity index (χ2n) is 16.8. The highest BCUT2D eigenvalue weighted by molar-refractivity contribution is 5.99. The van der Waals surface area contributed by atoms with E-state index in [1.54, 1.807) is 48.5 Å². The molecule has 0 heterocycles. The van der Waals surface area contributed by atoms with Crippen LogP contribution in [-0.2, 0) is 67.5 Å². The van der Waals surface area contributed by atoms with Crippen molar-refractivity contribution in [2.45, 2.75) is 38.5 Å². The third-order valence-corrected chi connectivity index (χ3v) is 10.6. The van der Waals surface area contributed by atoms with Crippen LogP contribution in [0, 0.1) is 0 Å². The van der Waals surface area contributed by atoms with E-state index in [0.717, 1.165) is 30.8 Å². The number of rotatable bonds is 45. The Bertz CT molecular complexity index is 3080. The lowest BCUT2D eigenvalue weighted by Crippen LogP contribution is -2.11. The van der Waals surface area contributed by atoms with E-state index in [9.17, 15) is 24.0 Å². The fourth-order valence-corrected chi connectivity index (χ4v) is 6.84. The van der Waals surface area contributed by atoms with Crippen LogP contribution in [0.15, 0.2) is 166 Å². The first-order valence-corrected chi connectivity index (χ1v) is 26.7. The number of hydrogen-bond acceptors (Lipinski definition) is 22. The van der Waals surface area contributed by atoms with Crippen LogP contribution in [0.4, 0.5) is 0 Å². The molecule has 456 valence electrons. The number of carbonyl (C=O) groups is 5. The molecule has 22 nitrogen and oxygen atoms in total. The summed E-state index contributed by atoms with van der Waals surface area (Å²) in [5, 5.41) is 0.873. The summed E-state index contributed by atoms with van der Waals surface area (Å²) in [6.45, 7) is 21.6. The minimum atomic E-state index is -0.783. The van der Waals surface area contributed by atoms with E-state index in [4.69, 9.17) is 81.4 Å². The lowest BCUT2D eigenvalue weighted by atomic mass is 10.1. The van der Waals surface area contributed by atoms with Gasteiger partial charge in [0.1, 0.15) is 11.5 Å². The van der Waals surface area contributed by atoms with Crippen molar-refractivity contribution in [3.8, 4) is 46.0 Å².